The minimum atomic E-state index is -0.632. The minimum Gasteiger partial charge on any atom is -0.493 e. The highest BCUT2D eigenvalue weighted by atomic mass is 19.1. The lowest BCUT2D eigenvalue weighted by Crippen LogP contribution is -2.13. The van der Waals surface area contributed by atoms with Gasteiger partial charge < -0.3 is 14.8 Å². The molecule has 0 aliphatic carbocycles. The van der Waals surface area contributed by atoms with Crippen LogP contribution >= 0.6 is 0 Å². The molecule has 1 amide bonds. The highest BCUT2D eigenvalue weighted by Crippen LogP contribution is 2.30. The van der Waals surface area contributed by atoms with Crippen LogP contribution in [0.2, 0.25) is 0 Å². The van der Waals surface area contributed by atoms with E-state index in [9.17, 15) is 18.8 Å². The minimum absolute atomic E-state index is 0.0156. The molecule has 0 fully saturated rings. The third kappa shape index (κ3) is 5.67. The van der Waals surface area contributed by atoms with Crippen molar-refractivity contribution in [2.24, 2.45) is 0 Å². The van der Waals surface area contributed by atoms with Gasteiger partial charge in [0.25, 0.3) is 5.91 Å². The lowest BCUT2D eigenvalue weighted by molar-refractivity contribution is -0.112. The molecule has 0 spiro atoms. The summed E-state index contributed by atoms with van der Waals surface area (Å²) in [7, 11) is 1.45. The average molecular weight is 420 g/mol. The topological polar surface area (TPSA) is 71.3 Å². The number of hydrogen-bond donors (Lipinski definition) is 1. The summed E-state index contributed by atoms with van der Waals surface area (Å²) < 4.78 is 37.7. The molecular weight excluding hydrogens is 402 g/mol. The van der Waals surface area contributed by atoms with E-state index in [-0.39, 0.29) is 18.0 Å². The van der Waals surface area contributed by atoms with Crippen molar-refractivity contribution in [2.75, 3.05) is 12.4 Å². The predicted molar refractivity (Wildman–Crippen MR) is 112 cm³/mol. The number of nitrogens with one attached hydrogen (secondary N) is 1. The number of ether oxygens (including phenoxy) is 2. The summed E-state index contributed by atoms with van der Waals surface area (Å²) in [4.78, 5) is 12.4. The van der Waals surface area contributed by atoms with Crippen LogP contribution < -0.4 is 14.8 Å². The zero-order chi connectivity index (χ0) is 22.2. The molecule has 0 aromatic heterocycles. The fourth-order valence-electron chi connectivity index (χ4n) is 2.71. The molecule has 3 aromatic rings. The second-order valence-corrected chi connectivity index (χ2v) is 6.42. The van der Waals surface area contributed by atoms with Gasteiger partial charge >= 0.3 is 0 Å². The molecule has 3 rings (SSSR count). The van der Waals surface area contributed by atoms with Crippen LogP contribution in [0.4, 0.5) is 14.5 Å². The van der Waals surface area contributed by atoms with E-state index in [0.29, 0.717) is 28.3 Å². The average Bonchev–Trinajstić information content (AvgIpc) is 2.78. The lowest BCUT2D eigenvalue weighted by atomic mass is 10.1. The Morgan fingerprint density at radius 3 is 2.48 bits per heavy atom. The zero-order valence-electron chi connectivity index (χ0n) is 16.6. The summed E-state index contributed by atoms with van der Waals surface area (Å²) in [5, 5.41) is 11.9. The van der Waals surface area contributed by atoms with Crippen LogP contribution in [0.25, 0.3) is 6.08 Å². The van der Waals surface area contributed by atoms with E-state index in [1.807, 2.05) is 6.07 Å². The van der Waals surface area contributed by atoms with Crippen molar-refractivity contribution in [2.45, 2.75) is 6.61 Å². The van der Waals surface area contributed by atoms with Crippen LogP contribution in [0.15, 0.2) is 72.3 Å². The maximum atomic E-state index is 13.8. The van der Waals surface area contributed by atoms with Crippen LogP contribution in [0.1, 0.15) is 11.1 Å². The Labute approximate surface area is 178 Å². The van der Waals surface area contributed by atoms with Gasteiger partial charge in [0.05, 0.1) is 7.11 Å². The van der Waals surface area contributed by atoms with Gasteiger partial charge in [-0.25, -0.2) is 8.78 Å². The van der Waals surface area contributed by atoms with Crippen molar-refractivity contribution in [1.29, 1.82) is 5.26 Å². The zero-order valence-corrected chi connectivity index (χ0v) is 16.6. The predicted octanol–water partition coefficient (Wildman–Crippen LogP) is 5.10. The summed E-state index contributed by atoms with van der Waals surface area (Å²) in [6.45, 7) is 0.0156. The van der Waals surface area contributed by atoms with Gasteiger partial charge in [0.15, 0.2) is 11.5 Å². The molecule has 156 valence electrons. The number of anilines is 1. The second kappa shape index (κ2) is 10.0. The third-order valence-electron chi connectivity index (χ3n) is 4.31. The number of carbonyl (C=O) groups excluding carboxylic acids is 1. The number of nitriles is 1. The first-order valence-electron chi connectivity index (χ1n) is 9.23. The Hall–Kier alpha value is -4.18. The van der Waals surface area contributed by atoms with Crippen LogP contribution in [-0.4, -0.2) is 13.0 Å². The molecule has 0 saturated carbocycles. The number of nitrogens with zero attached hydrogens (tertiary/aromatic N) is 1. The summed E-state index contributed by atoms with van der Waals surface area (Å²) in [5.74, 6) is -0.684. The maximum Gasteiger partial charge on any atom is 0.266 e. The second-order valence-electron chi connectivity index (χ2n) is 6.42. The maximum absolute atomic E-state index is 13.8. The van der Waals surface area contributed by atoms with Gasteiger partial charge in [-0.1, -0.05) is 24.3 Å². The van der Waals surface area contributed by atoms with Crippen molar-refractivity contribution in [3.63, 3.8) is 0 Å². The molecule has 0 aliphatic rings. The van der Waals surface area contributed by atoms with Crippen LogP contribution in [0.3, 0.4) is 0 Å². The van der Waals surface area contributed by atoms with Crippen LogP contribution in [0, 0.1) is 23.0 Å². The monoisotopic (exact) mass is 420 g/mol. The van der Waals surface area contributed by atoms with E-state index < -0.39 is 11.7 Å². The molecule has 0 bridgehead atoms. The van der Waals surface area contributed by atoms with Crippen molar-refractivity contribution in [1.82, 2.24) is 0 Å². The van der Waals surface area contributed by atoms with Crippen molar-refractivity contribution in [3.05, 3.63) is 95.1 Å². The normalized spacial score (nSPS) is 10.8. The largest absolute Gasteiger partial charge is 0.493 e. The Bertz CT molecular complexity index is 1150. The summed E-state index contributed by atoms with van der Waals surface area (Å²) in [6, 6.07) is 18.2. The Kier molecular flexibility index (Phi) is 6.97. The first-order chi connectivity index (χ1) is 15.0. The molecule has 0 aliphatic heterocycles. The number of benzene rings is 3. The van der Waals surface area contributed by atoms with Gasteiger partial charge in [-0.05, 0) is 54.1 Å². The fraction of sp³-hybridized carbons (Fsp3) is 0.0833. The Morgan fingerprint density at radius 1 is 1.06 bits per heavy atom. The number of carbonyl (C=O) groups is 1. The van der Waals surface area contributed by atoms with Gasteiger partial charge in [-0.15, -0.1) is 0 Å². The van der Waals surface area contributed by atoms with E-state index in [0.717, 1.165) is 0 Å². The quantitative estimate of drug-likeness (QED) is 0.427. The highest BCUT2D eigenvalue weighted by molar-refractivity contribution is 6.09. The standard InChI is InChI=1S/C24H18F2N2O3/c1-30-23-13-16(6-11-22(23)31-15-17-4-2-3-5-21(17)26)12-18(14-27)24(29)28-20-9-7-19(25)8-10-20/h2-13H,15H2,1H3,(H,28,29)/b18-12+. The Balaban J connectivity index is 1.75. The van der Waals surface area contributed by atoms with Gasteiger partial charge in [-0.2, -0.15) is 5.26 Å². The molecule has 1 N–H and O–H groups in total. The number of amides is 1. The molecule has 0 heterocycles. The highest BCUT2D eigenvalue weighted by Gasteiger charge is 2.12. The van der Waals surface area contributed by atoms with E-state index in [2.05, 4.69) is 5.32 Å². The third-order valence-corrected chi connectivity index (χ3v) is 4.31. The number of rotatable bonds is 7. The van der Waals surface area contributed by atoms with Crippen molar-refractivity contribution in [3.8, 4) is 17.6 Å². The molecule has 3 aromatic carbocycles. The molecular formula is C24H18F2N2O3. The summed E-state index contributed by atoms with van der Waals surface area (Å²) in [5.41, 5.74) is 1.15. The molecule has 0 unspecified atom stereocenters. The first-order valence-corrected chi connectivity index (χ1v) is 9.23. The molecule has 5 nitrogen and oxygen atoms in total. The fourth-order valence-corrected chi connectivity index (χ4v) is 2.71. The molecule has 7 heteroatoms. The number of methoxy groups -OCH3 is 1. The molecule has 0 saturated heterocycles. The lowest BCUT2D eigenvalue weighted by Gasteiger charge is -2.12. The summed E-state index contributed by atoms with van der Waals surface area (Å²) in [6.07, 6.45) is 1.39. The van der Waals surface area contributed by atoms with Crippen LogP contribution in [0.5, 0.6) is 11.5 Å². The van der Waals surface area contributed by atoms with Gasteiger partial charge in [-0.3, -0.25) is 4.79 Å². The SMILES string of the molecule is COc1cc(/C=C(\C#N)C(=O)Nc2ccc(F)cc2)ccc1OCc1ccccc1F. The van der Waals surface area contributed by atoms with E-state index in [1.165, 1.54) is 43.5 Å². The molecule has 0 radical (unpaired) electrons. The van der Waals surface area contributed by atoms with Gasteiger partial charge in [0.1, 0.15) is 29.9 Å². The molecule has 31 heavy (non-hydrogen) atoms. The smallest absolute Gasteiger partial charge is 0.266 e. The van der Waals surface area contributed by atoms with Gasteiger partial charge in [0, 0.05) is 11.3 Å². The Morgan fingerprint density at radius 2 is 1.81 bits per heavy atom. The first kappa shape index (κ1) is 21.5. The molecule has 0 atom stereocenters. The van der Waals surface area contributed by atoms with Gasteiger partial charge in [0.2, 0.25) is 0 Å². The van der Waals surface area contributed by atoms with E-state index in [4.69, 9.17) is 9.47 Å². The van der Waals surface area contributed by atoms with Crippen molar-refractivity contribution >= 4 is 17.7 Å². The summed E-state index contributed by atoms with van der Waals surface area (Å²) >= 11 is 0. The van der Waals surface area contributed by atoms with E-state index in [1.54, 1.807) is 36.4 Å². The van der Waals surface area contributed by atoms with Crippen LogP contribution in [-0.2, 0) is 11.4 Å². The van der Waals surface area contributed by atoms with E-state index >= 15 is 0 Å². The van der Waals surface area contributed by atoms with Crippen molar-refractivity contribution < 1.29 is 23.0 Å². The number of halogens is 2. The number of hydrogen-bond acceptors (Lipinski definition) is 4.